The Morgan fingerprint density at radius 3 is 2.60 bits per heavy atom. The molecule has 0 saturated carbocycles. The Hall–Kier alpha value is -0.570. The molecule has 3 nitrogen and oxygen atoms in total. The summed E-state index contributed by atoms with van der Waals surface area (Å²) in [5, 5.41) is 3.24. The predicted molar refractivity (Wildman–Crippen MR) is 62.8 cm³/mol. The molecule has 3 heteroatoms. The Morgan fingerprint density at radius 2 is 2.00 bits per heavy atom. The highest BCUT2D eigenvalue weighted by Crippen LogP contribution is 2.08. The molecule has 0 radical (unpaired) electrons. The van der Waals surface area contributed by atoms with Crippen LogP contribution in [0.2, 0.25) is 0 Å². The van der Waals surface area contributed by atoms with Crippen molar-refractivity contribution in [2.75, 3.05) is 26.2 Å². The van der Waals surface area contributed by atoms with Crippen molar-refractivity contribution in [2.45, 2.75) is 39.5 Å². The van der Waals surface area contributed by atoms with Crippen LogP contribution in [0.1, 0.15) is 39.5 Å². The maximum absolute atomic E-state index is 11.7. The zero-order valence-electron chi connectivity index (χ0n) is 10.1. The van der Waals surface area contributed by atoms with Gasteiger partial charge in [0.1, 0.15) is 0 Å². The predicted octanol–water partition coefficient (Wildman–Crippen LogP) is 1.63. The van der Waals surface area contributed by atoms with Crippen molar-refractivity contribution in [3.05, 3.63) is 0 Å². The topological polar surface area (TPSA) is 32.3 Å². The number of carbonyl (C=O) groups excluding carboxylic acids is 1. The van der Waals surface area contributed by atoms with Crippen LogP contribution in [0, 0.1) is 5.92 Å². The minimum atomic E-state index is 0.276. The van der Waals surface area contributed by atoms with Crippen molar-refractivity contribution >= 4 is 5.91 Å². The second-order valence-electron chi connectivity index (χ2n) is 4.59. The SMILES string of the molecule is CCC(C)CNCC(=O)N1CCCCC1. The van der Waals surface area contributed by atoms with E-state index in [0.29, 0.717) is 12.5 Å². The van der Waals surface area contributed by atoms with Gasteiger partial charge in [-0.1, -0.05) is 20.3 Å². The van der Waals surface area contributed by atoms with E-state index in [2.05, 4.69) is 19.2 Å². The van der Waals surface area contributed by atoms with Crippen LogP contribution in [0.3, 0.4) is 0 Å². The number of nitrogens with zero attached hydrogens (tertiary/aromatic N) is 1. The van der Waals surface area contributed by atoms with Gasteiger partial charge in [-0.15, -0.1) is 0 Å². The smallest absolute Gasteiger partial charge is 0.236 e. The van der Waals surface area contributed by atoms with E-state index < -0.39 is 0 Å². The van der Waals surface area contributed by atoms with Crippen LogP contribution in [0.4, 0.5) is 0 Å². The zero-order chi connectivity index (χ0) is 11.1. The Balaban J connectivity index is 2.12. The van der Waals surface area contributed by atoms with E-state index in [1.807, 2.05) is 4.90 Å². The maximum Gasteiger partial charge on any atom is 0.236 e. The van der Waals surface area contributed by atoms with E-state index in [1.54, 1.807) is 0 Å². The van der Waals surface area contributed by atoms with Crippen molar-refractivity contribution < 1.29 is 4.79 Å². The highest BCUT2D eigenvalue weighted by atomic mass is 16.2. The van der Waals surface area contributed by atoms with Gasteiger partial charge in [0.2, 0.25) is 5.91 Å². The number of amides is 1. The molecule has 1 saturated heterocycles. The van der Waals surface area contributed by atoms with Gasteiger partial charge < -0.3 is 10.2 Å². The Bertz CT molecular complexity index is 188. The first-order valence-corrected chi connectivity index (χ1v) is 6.22. The molecule has 1 unspecified atom stereocenters. The fourth-order valence-corrected chi connectivity index (χ4v) is 1.82. The molecule has 0 aliphatic carbocycles. The lowest BCUT2D eigenvalue weighted by molar-refractivity contribution is -0.131. The maximum atomic E-state index is 11.7. The van der Waals surface area contributed by atoms with Crippen LogP contribution >= 0.6 is 0 Å². The number of hydrogen-bond donors (Lipinski definition) is 1. The van der Waals surface area contributed by atoms with Gasteiger partial charge in [-0.2, -0.15) is 0 Å². The standard InChI is InChI=1S/C12H24N2O/c1-3-11(2)9-13-10-12(15)14-7-5-4-6-8-14/h11,13H,3-10H2,1-2H3. The van der Waals surface area contributed by atoms with Crippen LogP contribution in [-0.2, 0) is 4.79 Å². The Labute approximate surface area is 93.2 Å². The highest BCUT2D eigenvalue weighted by Gasteiger charge is 2.15. The van der Waals surface area contributed by atoms with Crippen LogP contribution in [0.25, 0.3) is 0 Å². The van der Waals surface area contributed by atoms with E-state index in [9.17, 15) is 4.79 Å². The lowest BCUT2D eigenvalue weighted by Crippen LogP contribution is -2.41. The molecule has 1 heterocycles. The zero-order valence-corrected chi connectivity index (χ0v) is 10.1. The number of likely N-dealkylation sites (tertiary alicyclic amines) is 1. The Kier molecular flexibility index (Phi) is 5.69. The van der Waals surface area contributed by atoms with E-state index in [0.717, 1.165) is 19.6 Å². The lowest BCUT2D eigenvalue weighted by atomic mass is 10.1. The normalized spacial score (nSPS) is 18.9. The van der Waals surface area contributed by atoms with Crippen molar-refractivity contribution in [3.63, 3.8) is 0 Å². The molecule has 0 spiro atoms. The van der Waals surface area contributed by atoms with Crippen molar-refractivity contribution in [3.8, 4) is 0 Å². The number of nitrogens with one attached hydrogen (secondary N) is 1. The molecule has 88 valence electrons. The summed E-state index contributed by atoms with van der Waals surface area (Å²) >= 11 is 0. The molecular formula is C12H24N2O. The molecule has 1 amide bonds. The third kappa shape index (κ3) is 4.65. The van der Waals surface area contributed by atoms with Gasteiger partial charge in [0.25, 0.3) is 0 Å². The molecule has 1 fully saturated rings. The molecule has 0 bridgehead atoms. The van der Waals surface area contributed by atoms with E-state index >= 15 is 0 Å². The summed E-state index contributed by atoms with van der Waals surface area (Å²) in [5.74, 6) is 0.942. The summed E-state index contributed by atoms with van der Waals surface area (Å²) in [6, 6.07) is 0. The molecule has 1 atom stereocenters. The molecule has 1 rings (SSSR count). The largest absolute Gasteiger partial charge is 0.342 e. The van der Waals surface area contributed by atoms with E-state index in [-0.39, 0.29) is 5.91 Å². The van der Waals surface area contributed by atoms with Crippen molar-refractivity contribution in [1.82, 2.24) is 10.2 Å². The molecule has 0 aromatic rings. The van der Waals surface area contributed by atoms with E-state index in [4.69, 9.17) is 0 Å². The van der Waals surface area contributed by atoms with E-state index in [1.165, 1.54) is 25.7 Å². The average molecular weight is 212 g/mol. The third-order valence-electron chi connectivity index (χ3n) is 3.17. The average Bonchev–Trinajstić information content (AvgIpc) is 2.29. The molecule has 0 aromatic heterocycles. The summed E-state index contributed by atoms with van der Waals surface area (Å²) in [6.45, 7) is 7.78. The van der Waals surface area contributed by atoms with Crippen LogP contribution < -0.4 is 5.32 Å². The molecule has 15 heavy (non-hydrogen) atoms. The second kappa shape index (κ2) is 6.83. The number of piperidine rings is 1. The number of hydrogen-bond acceptors (Lipinski definition) is 2. The van der Waals surface area contributed by atoms with Gasteiger partial charge in [0.15, 0.2) is 0 Å². The van der Waals surface area contributed by atoms with Crippen molar-refractivity contribution in [2.24, 2.45) is 5.92 Å². The van der Waals surface area contributed by atoms with Gasteiger partial charge in [0, 0.05) is 13.1 Å². The quantitative estimate of drug-likeness (QED) is 0.751. The van der Waals surface area contributed by atoms with Gasteiger partial charge in [-0.25, -0.2) is 0 Å². The van der Waals surface area contributed by atoms with Crippen LogP contribution in [0.5, 0.6) is 0 Å². The monoisotopic (exact) mass is 212 g/mol. The van der Waals surface area contributed by atoms with Gasteiger partial charge in [-0.05, 0) is 31.7 Å². The first kappa shape index (κ1) is 12.5. The minimum absolute atomic E-state index is 0.276. The second-order valence-corrected chi connectivity index (χ2v) is 4.59. The third-order valence-corrected chi connectivity index (χ3v) is 3.17. The molecule has 1 aliphatic heterocycles. The Morgan fingerprint density at radius 1 is 1.33 bits per heavy atom. The highest BCUT2D eigenvalue weighted by molar-refractivity contribution is 5.78. The fourth-order valence-electron chi connectivity index (χ4n) is 1.82. The lowest BCUT2D eigenvalue weighted by Gasteiger charge is -2.27. The number of carbonyl (C=O) groups is 1. The molecule has 1 aliphatic rings. The minimum Gasteiger partial charge on any atom is -0.342 e. The van der Waals surface area contributed by atoms with Crippen LogP contribution in [0.15, 0.2) is 0 Å². The summed E-state index contributed by atoms with van der Waals surface area (Å²) in [4.78, 5) is 13.7. The molecule has 1 N–H and O–H groups in total. The summed E-state index contributed by atoms with van der Waals surface area (Å²) in [7, 11) is 0. The van der Waals surface area contributed by atoms with Gasteiger partial charge in [-0.3, -0.25) is 4.79 Å². The first-order valence-electron chi connectivity index (χ1n) is 6.22. The summed E-state index contributed by atoms with van der Waals surface area (Å²) in [6.07, 6.45) is 4.81. The molecular weight excluding hydrogens is 188 g/mol. The summed E-state index contributed by atoms with van der Waals surface area (Å²) < 4.78 is 0. The number of rotatable bonds is 5. The fraction of sp³-hybridized carbons (Fsp3) is 0.917. The van der Waals surface area contributed by atoms with Crippen molar-refractivity contribution in [1.29, 1.82) is 0 Å². The molecule has 0 aromatic carbocycles. The van der Waals surface area contributed by atoms with Gasteiger partial charge >= 0.3 is 0 Å². The van der Waals surface area contributed by atoms with Gasteiger partial charge in [0.05, 0.1) is 6.54 Å². The summed E-state index contributed by atoms with van der Waals surface area (Å²) in [5.41, 5.74) is 0. The first-order chi connectivity index (χ1) is 7.24. The van der Waals surface area contributed by atoms with Crippen LogP contribution in [-0.4, -0.2) is 37.0 Å².